The Hall–Kier alpha value is -1.44. The fourth-order valence-corrected chi connectivity index (χ4v) is 2.33. The molecule has 118 valence electrons. The molecule has 7 nitrogen and oxygen atoms in total. The lowest BCUT2D eigenvalue weighted by Crippen LogP contribution is -2.45. The molecule has 0 spiro atoms. The Morgan fingerprint density at radius 2 is 2.14 bits per heavy atom. The molecule has 1 N–H and O–H groups in total. The monoisotopic (exact) mass is 295 g/mol. The van der Waals surface area contributed by atoms with Gasteiger partial charge < -0.3 is 15.0 Å². The predicted molar refractivity (Wildman–Crippen MR) is 83.0 cm³/mol. The van der Waals surface area contributed by atoms with E-state index in [1.807, 2.05) is 11.9 Å². The number of aromatic nitrogens is 2. The number of piperazine rings is 1. The number of nitrogens with zero attached hydrogens (tertiary/aromatic N) is 4. The van der Waals surface area contributed by atoms with E-state index in [2.05, 4.69) is 15.3 Å². The molecule has 0 unspecified atom stereocenters. The molecule has 1 saturated heterocycles. The molecule has 1 fully saturated rings. The number of methoxy groups -OCH3 is 1. The Kier molecular flexibility index (Phi) is 6.16. The molecule has 7 heteroatoms. The number of nitrogens with one attached hydrogen (secondary N) is 1. The Morgan fingerprint density at radius 1 is 1.38 bits per heavy atom. The zero-order chi connectivity index (χ0) is 15.1. The van der Waals surface area contributed by atoms with Crippen LogP contribution in [0.25, 0.3) is 0 Å². The fraction of sp³-hybridized carbons (Fsp3) is 0.714. The average molecular weight is 295 g/mol. The first-order chi connectivity index (χ1) is 10.2. The van der Waals surface area contributed by atoms with Gasteiger partial charge in [0, 0.05) is 59.5 Å². The number of anilines is 1. The summed E-state index contributed by atoms with van der Waals surface area (Å²) >= 11 is 0. The van der Waals surface area contributed by atoms with Crippen molar-refractivity contribution in [1.29, 1.82) is 0 Å². The van der Waals surface area contributed by atoms with E-state index in [9.17, 15) is 4.79 Å². The van der Waals surface area contributed by atoms with E-state index >= 15 is 0 Å². The summed E-state index contributed by atoms with van der Waals surface area (Å²) in [5, 5.41) is 7.59. The van der Waals surface area contributed by atoms with E-state index in [4.69, 9.17) is 4.74 Å². The molecule has 0 atom stereocenters. The number of likely N-dealkylation sites (N-methyl/N-ethyl adjacent to an activating group) is 1. The Balaban J connectivity index is 1.90. The molecule has 0 aliphatic carbocycles. The zero-order valence-corrected chi connectivity index (χ0v) is 12.9. The maximum Gasteiger partial charge on any atom is 0.268 e. The van der Waals surface area contributed by atoms with Gasteiger partial charge in [0.15, 0.2) is 0 Å². The van der Waals surface area contributed by atoms with E-state index < -0.39 is 0 Å². The summed E-state index contributed by atoms with van der Waals surface area (Å²) in [6, 6.07) is 1.64. The topological polar surface area (TPSA) is 62.6 Å². The van der Waals surface area contributed by atoms with Gasteiger partial charge in [0.1, 0.15) is 0 Å². The van der Waals surface area contributed by atoms with Crippen LogP contribution in [0.3, 0.4) is 0 Å². The van der Waals surface area contributed by atoms with Crippen LogP contribution in [-0.4, -0.2) is 74.7 Å². The number of hydrogen-bond donors (Lipinski definition) is 1. The highest BCUT2D eigenvalue weighted by Crippen LogP contribution is 2.06. The van der Waals surface area contributed by atoms with Gasteiger partial charge in [-0.25, -0.2) is 4.68 Å². The van der Waals surface area contributed by atoms with E-state index in [1.165, 1.54) is 4.68 Å². The van der Waals surface area contributed by atoms with E-state index in [0.717, 1.165) is 45.0 Å². The lowest BCUT2D eigenvalue weighted by atomic mass is 10.3. The van der Waals surface area contributed by atoms with Crippen molar-refractivity contribution >= 4 is 5.69 Å². The Bertz CT molecular complexity index is 484. The highest BCUT2D eigenvalue weighted by atomic mass is 16.5. The predicted octanol–water partition coefficient (Wildman–Crippen LogP) is -0.769. The first-order valence-electron chi connectivity index (χ1n) is 7.41. The summed E-state index contributed by atoms with van der Waals surface area (Å²) in [5.74, 6) is 0. The van der Waals surface area contributed by atoms with Gasteiger partial charge in [-0.15, -0.1) is 0 Å². The highest BCUT2D eigenvalue weighted by molar-refractivity contribution is 5.41. The molecule has 2 rings (SSSR count). The van der Waals surface area contributed by atoms with Gasteiger partial charge in [-0.1, -0.05) is 0 Å². The van der Waals surface area contributed by atoms with E-state index in [1.54, 1.807) is 19.4 Å². The summed E-state index contributed by atoms with van der Waals surface area (Å²) in [6.07, 6.45) is 1.74. The van der Waals surface area contributed by atoms with Crippen LogP contribution in [0.15, 0.2) is 17.1 Å². The van der Waals surface area contributed by atoms with Crippen molar-refractivity contribution in [3.05, 3.63) is 22.6 Å². The average Bonchev–Trinajstić information content (AvgIpc) is 2.52. The van der Waals surface area contributed by atoms with Crippen LogP contribution in [-0.2, 0) is 11.3 Å². The maximum atomic E-state index is 12.1. The van der Waals surface area contributed by atoms with Crippen LogP contribution in [0.5, 0.6) is 0 Å². The standard InChI is InChI=1S/C14H25N5O2/c1-17(9-10-21-2)13-11-14(20)19(16-12-13)8-7-18-5-3-15-4-6-18/h11-12,15H,3-10H2,1-2H3. The van der Waals surface area contributed by atoms with Gasteiger partial charge in [0.05, 0.1) is 25.0 Å². The third kappa shape index (κ3) is 4.80. The second kappa shape index (κ2) is 8.11. The molecule has 0 bridgehead atoms. The highest BCUT2D eigenvalue weighted by Gasteiger charge is 2.10. The minimum absolute atomic E-state index is 0.0492. The summed E-state index contributed by atoms with van der Waals surface area (Å²) < 4.78 is 6.58. The number of hydrogen-bond acceptors (Lipinski definition) is 6. The quantitative estimate of drug-likeness (QED) is 0.713. The first-order valence-corrected chi connectivity index (χ1v) is 7.41. The lowest BCUT2D eigenvalue weighted by Gasteiger charge is -2.27. The third-order valence-corrected chi connectivity index (χ3v) is 3.76. The van der Waals surface area contributed by atoms with Crippen molar-refractivity contribution in [2.24, 2.45) is 0 Å². The maximum absolute atomic E-state index is 12.1. The molecular formula is C14H25N5O2. The van der Waals surface area contributed by atoms with Crippen LogP contribution >= 0.6 is 0 Å². The van der Waals surface area contributed by atoms with Crippen molar-refractivity contribution in [3.63, 3.8) is 0 Å². The third-order valence-electron chi connectivity index (χ3n) is 3.76. The second-order valence-corrected chi connectivity index (χ2v) is 5.28. The van der Waals surface area contributed by atoms with Gasteiger partial charge in [-0.2, -0.15) is 5.10 Å². The molecule has 0 saturated carbocycles. The largest absolute Gasteiger partial charge is 0.383 e. The van der Waals surface area contributed by atoms with Gasteiger partial charge >= 0.3 is 0 Å². The molecule has 2 heterocycles. The summed E-state index contributed by atoms with van der Waals surface area (Å²) in [4.78, 5) is 16.4. The minimum Gasteiger partial charge on any atom is -0.383 e. The van der Waals surface area contributed by atoms with Crippen molar-refractivity contribution in [1.82, 2.24) is 20.0 Å². The molecule has 0 radical (unpaired) electrons. The lowest BCUT2D eigenvalue weighted by molar-refractivity contribution is 0.206. The van der Waals surface area contributed by atoms with E-state index in [0.29, 0.717) is 13.2 Å². The zero-order valence-electron chi connectivity index (χ0n) is 12.9. The van der Waals surface area contributed by atoms with Crippen LogP contribution in [0, 0.1) is 0 Å². The Morgan fingerprint density at radius 3 is 2.81 bits per heavy atom. The fourth-order valence-electron chi connectivity index (χ4n) is 2.33. The normalized spacial score (nSPS) is 16.1. The van der Waals surface area contributed by atoms with Crippen molar-refractivity contribution in [2.75, 3.05) is 64.9 Å². The smallest absolute Gasteiger partial charge is 0.268 e. The molecule has 21 heavy (non-hydrogen) atoms. The van der Waals surface area contributed by atoms with Crippen LogP contribution < -0.4 is 15.8 Å². The minimum atomic E-state index is -0.0492. The second-order valence-electron chi connectivity index (χ2n) is 5.28. The summed E-state index contributed by atoms with van der Waals surface area (Å²) in [6.45, 7) is 6.98. The SMILES string of the molecule is COCCN(C)c1cnn(CCN2CCNCC2)c(=O)c1. The molecule has 0 amide bonds. The number of rotatable bonds is 7. The molecule has 0 aromatic carbocycles. The van der Waals surface area contributed by atoms with Crippen LogP contribution in [0.4, 0.5) is 5.69 Å². The Labute approximate surface area is 125 Å². The molecule has 1 aliphatic rings. The van der Waals surface area contributed by atoms with Crippen molar-refractivity contribution in [3.8, 4) is 0 Å². The first kappa shape index (κ1) is 15.9. The summed E-state index contributed by atoms with van der Waals surface area (Å²) in [7, 11) is 3.60. The van der Waals surface area contributed by atoms with Gasteiger partial charge in [-0.05, 0) is 0 Å². The molecule has 1 aliphatic heterocycles. The van der Waals surface area contributed by atoms with Gasteiger partial charge in [0.2, 0.25) is 0 Å². The summed E-state index contributed by atoms with van der Waals surface area (Å²) in [5.41, 5.74) is 0.780. The van der Waals surface area contributed by atoms with Crippen molar-refractivity contribution < 1.29 is 4.74 Å². The number of ether oxygens (including phenoxy) is 1. The molecular weight excluding hydrogens is 270 g/mol. The molecule has 1 aromatic heterocycles. The molecule has 1 aromatic rings. The van der Waals surface area contributed by atoms with Crippen LogP contribution in [0.2, 0.25) is 0 Å². The van der Waals surface area contributed by atoms with Gasteiger partial charge in [-0.3, -0.25) is 9.69 Å². The van der Waals surface area contributed by atoms with Gasteiger partial charge in [0.25, 0.3) is 5.56 Å². The van der Waals surface area contributed by atoms with Crippen molar-refractivity contribution in [2.45, 2.75) is 6.54 Å². The van der Waals surface area contributed by atoms with E-state index in [-0.39, 0.29) is 5.56 Å². The van der Waals surface area contributed by atoms with Crippen LogP contribution in [0.1, 0.15) is 0 Å².